The molecule has 0 aliphatic carbocycles. The van der Waals surface area contributed by atoms with Crippen LogP contribution in [0.15, 0.2) is 53.4 Å². The van der Waals surface area contributed by atoms with Gasteiger partial charge in [-0.25, -0.2) is 8.42 Å². The maximum atomic E-state index is 12.9. The van der Waals surface area contributed by atoms with Gasteiger partial charge in [0.1, 0.15) is 0 Å². The van der Waals surface area contributed by atoms with E-state index in [2.05, 4.69) is 0 Å². The molecule has 0 saturated carbocycles. The monoisotopic (exact) mass is 304 g/mol. The number of rotatable bonds is 5. The maximum Gasteiger partial charge on any atom is 0.264 e. The largest absolute Gasteiger partial charge is 0.399 e. The third-order valence-corrected chi connectivity index (χ3v) is 5.26. The average Bonchev–Trinajstić information content (AvgIpc) is 2.46. The number of sulfonamides is 1. The molecular formula is C16H20N2O2S. The molecular weight excluding hydrogens is 284 g/mol. The first-order valence-electron chi connectivity index (χ1n) is 6.90. The lowest BCUT2D eigenvalue weighted by Gasteiger charge is -2.25. The second kappa shape index (κ2) is 6.18. The van der Waals surface area contributed by atoms with Gasteiger partial charge in [0, 0.05) is 12.2 Å². The fourth-order valence-electron chi connectivity index (χ4n) is 2.20. The molecule has 0 spiro atoms. The highest BCUT2D eigenvalue weighted by Crippen LogP contribution is 2.26. The van der Waals surface area contributed by atoms with E-state index < -0.39 is 10.0 Å². The Morgan fingerprint density at radius 3 is 2.24 bits per heavy atom. The van der Waals surface area contributed by atoms with Crippen molar-refractivity contribution in [2.24, 2.45) is 0 Å². The summed E-state index contributed by atoms with van der Waals surface area (Å²) in [4.78, 5) is 0.343. The van der Waals surface area contributed by atoms with Crippen molar-refractivity contribution < 1.29 is 8.42 Å². The van der Waals surface area contributed by atoms with Gasteiger partial charge in [-0.05, 0) is 49.2 Å². The highest BCUT2D eigenvalue weighted by molar-refractivity contribution is 7.92. The highest BCUT2D eigenvalue weighted by Gasteiger charge is 2.25. The smallest absolute Gasteiger partial charge is 0.264 e. The first-order valence-corrected chi connectivity index (χ1v) is 8.34. The van der Waals surface area contributed by atoms with Gasteiger partial charge in [0.15, 0.2) is 0 Å². The summed E-state index contributed by atoms with van der Waals surface area (Å²) >= 11 is 0. The van der Waals surface area contributed by atoms with Crippen LogP contribution in [0, 0.1) is 6.92 Å². The Labute approximate surface area is 126 Å². The van der Waals surface area contributed by atoms with Gasteiger partial charge in [0.25, 0.3) is 10.0 Å². The van der Waals surface area contributed by atoms with Gasteiger partial charge in [0.2, 0.25) is 0 Å². The number of nitrogen functional groups attached to an aromatic ring is 1. The second-order valence-electron chi connectivity index (χ2n) is 4.93. The Hall–Kier alpha value is -2.01. The second-order valence-corrected chi connectivity index (χ2v) is 6.76. The van der Waals surface area contributed by atoms with Crippen LogP contribution >= 0.6 is 0 Å². The summed E-state index contributed by atoms with van der Waals surface area (Å²) in [6.07, 6.45) is 0.732. The molecule has 2 rings (SSSR count). The SMILES string of the molecule is CCCN(c1ccc(N)cc1)S(=O)(=O)c1ccccc1C. The normalized spacial score (nSPS) is 11.3. The number of nitrogens with zero attached hydrogens (tertiary/aromatic N) is 1. The van der Waals surface area contributed by atoms with Crippen LogP contribution < -0.4 is 10.0 Å². The van der Waals surface area contributed by atoms with Crippen molar-refractivity contribution in [2.75, 3.05) is 16.6 Å². The van der Waals surface area contributed by atoms with Gasteiger partial charge >= 0.3 is 0 Å². The Morgan fingerprint density at radius 2 is 1.67 bits per heavy atom. The molecule has 5 heteroatoms. The van der Waals surface area contributed by atoms with Crippen molar-refractivity contribution in [3.8, 4) is 0 Å². The molecule has 0 fully saturated rings. The zero-order valence-electron chi connectivity index (χ0n) is 12.3. The van der Waals surface area contributed by atoms with Gasteiger partial charge in [0.05, 0.1) is 10.6 Å². The summed E-state index contributed by atoms with van der Waals surface area (Å²) in [5.41, 5.74) is 7.67. The van der Waals surface area contributed by atoms with Crippen molar-refractivity contribution >= 4 is 21.4 Å². The van der Waals surface area contributed by atoms with Crippen LogP contribution in [0.5, 0.6) is 0 Å². The first kappa shape index (κ1) is 15.4. The summed E-state index contributed by atoms with van der Waals surface area (Å²) in [5.74, 6) is 0. The van der Waals surface area contributed by atoms with E-state index in [4.69, 9.17) is 5.73 Å². The van der Waals surface area contributed by atoms with Gasteiger partial charge in [-0.1, -0.05) is 25.1 Å². The lowest BCUT2D eigenvalue weighted by atomic mass is 10.2. The number of anilines is 2. The molecule has 0 unspecified atom stereocenters. The molecule has 0 heterocycles. The van der Waals surface area contributed by atoms with Crippen molar-refractivity contribution in [2.45, 2.75) is 25.2 Å². The third-order valence-electron chi connectivity index (χ3n) is 3.27. The molecule has 0 aliphatic rings. The van der Waals surface area contributed by atoms with E-state index >= 15 is 0 Å². The minimum atomic E-state index is -3.57. The maximum absolute atomic E-state index is 12.9. The lowest BCUT2D eigenvalue weighted by Crippen LogP contribution is -2.32. The van der Waals surface area contributed by atoms with Crippen LogP contribution in [0.25, 0.3) is 0 Å². The number of aryl methyl sites for hydroxylation is 1. The first-order chi connectivity index (χ1) is 9.96. The van der Waals surface area contributed by atoms with Crippen molar-refractivity contribution in [1.82, 2.24) is 0 Å². The van der Waals surface area contributed by atoms with Crippen molar-refractivity contribution in [3.05, 3.63) is 54.1 Å². The molecule has 2 N–H and O–H groups in total. The Kier molecular flexibility index (Phi) is 4.53. The van der Waals surface area contributed by atoms with Crippen LogP contribution in [0.1, 0.15) is 18.9 Å². The molecule has 112 valence electrons. The van der Waals surface area contributed by atoms with Gasteiger partial charge in [-0.2, -0.15) is 0 Å². The van der Waals surface area contributed by atoms with Crippen LogP contribution in [-0.4, -0.2) is 15.0 Å². The van der Waals surface area contributed by atoms with Gasteiger partial charge < -0.3 is 5.73 Å². The molecule has 21 heavy (non-hydrogen) atoms. The Morgan fingerprint density at radius 1 is 1.05 bits per heavy atom. The fourth-order valence-corrected chi connectivity index (χ4v) is 3.98. The van der Waals surface area contributed by atoms with Crippen LogP contribution in [0.3, 0.4) is 0 Å². The van der Waals surface area contributed by atoms with E-state index in [0.29, 0.717) is 22.8 Å². The summed E-state index contributed by atoms with van der Waals surface area (Å²) in [7, 11) is -3.57. The molecule has 0 amide bonds. The number of hydrogen-bond donors (Lipinski definition) is 1. The number of benzene rings is 2. The Bertz CT molecular complexity index is 709. The minimum Gasteiger partial charge on any atom is -0.399 e. The summed E-state index contributed by atoms with van der Waals surface area (Å²) in [6, 6.07) is 13.9. The summed E-state index contributed by atoms with van der Waals surface area (Å²) in [6.45, 7) is 4.19. The van der Waals surface area contributed by atoms with E-state index in [1.165, 1.54) is 4.31 Å². The van der Waals surface area contributed by atoms with Crippen LogP contribution in [-0.2, 0) is 10.0 Å². The highest BCUT2D eigenvalue weighted by atomic mass is 32.2. The third kappa shape index (κ3) is 3.19. The van der Waals surface area contributed by atoms with E-state index in [1.807, 2.05) is 13.0 Å². The Balaban J connectivity index is 2.51. The van der Waals surface area contributed by atoms with E-state index in [-0.39, 0.29) is 0 Å². The molecule has 4 nitrogen and oxygen atoms in total. The predicted molar refractivity (Wildman–Crippen MR) is 86.9 cm³/mol. The minimum absolute atomic E-state index is 0.343. The molecule has 0 radical (unpaired) electrons. The standard InChI is InChI=1S/C16H20N2O2S/c1-3-12-18(15-10-8-14(17)9-11-15)21(19,20)16-7-5-4-6-13(16)2/h4-11H,3,12,17H2,1-2H3. The zero-order chi connectivity index (χ0) is 15.5. The van der Waals surface area contributed by atoms with Crippen LogP contribution in [0.4, 0.5) is 11.4 Å². The summed E-state index contributed by atoms with van der Waals surface area (Å²) in [5, 5.41) is 0. The molecule has 0 bridgehead atoms. The van der Waals surface area contributed by atoms with Crippen LogP contribution in [0.2, 0.25) is 0 Å². The van der Waals surface area contributed by atoms with Gasteiger partial charge in [-0.15, -0.1) is 0 Å². The zero-order valence-corrected chi connectivity index (χ0v) is 13.1. The molecule has 2 aromatic carbocycles. The van der Waals surface area contributed by atoms with E-state index in [9.17, 15) is 8.42 Å². The predicted octanol–water partition coefficient (Wildman–Crippen LogP) is 3.18. The molecule has 2 aromatic rings. The molecule has 0 saturated heterocycles. The fraction of sp³-hybridized carbons (Fsp3) is 0.250. The average molecular weight is 304 g/mol. The van der Waals surface area contributed by atoms with E-state index in [1.54, 1.807) is 49.4 Å². The van der Waals surface area contributed by atoms with E-state index in [0.717, 1.165) is 12.0 Å². The molecule has 0 aromatic heterocycles. The van der Waals surface area contributed by atoms with Crippen molar-refractivity contribution in [3.63, 3.8) is 0 Å². The summed E-state index contributed by atoms with van der Waals surface area (Å²) < 4.78 is 27.3. The number of nitrogens with two attached hydrogens (primary N) is 1. The van der Waals surface area contributed by atoms with Gasteiger partial charge in [-0.3, -0.25) is 4.31 Å². The lowest BCUT2D eigenvalue weighted by molar-refractivity contribution is 0.589. The molecule has 0 aliphatic heterocycles. The topological polar surface area (TPSA) is 63.4 Å². The van der Waals surface area contributed by atoms with Crippen molar-refractivity contribution in [1.29, 1.82) is 0 Å². The number of hydrogen-bond acceptors (Lipinski definition) is 3. The quantitative estimate of drug-likeness (QED) is 0.863. The molecule has 0 atom stereocenters.